The largest absolute Gasteiger partial charge is 0.495 e. The van der Waals surface area contributed by atoms with Gasteiger partial charge in [0.15, 0.2) is 0 Å². The number of hydrogen-bond acceptors (Lipinski definition) is 3. The zero-order valence-electron chi connectivity index (χ0n) is 12.1. The number of benzene rings is 1. The second-order valence-corrected chi connectivity index (χ2v) is 5.99. The van der Waals surface area contributed by atoms with Crippen LogP contribution in [0.1, 0.15) is 12.8 Å². The lowest BCUT2D eigenvalue weighted by molar-refractivity contribution is 0.124. The predicted molar refractivity (Wildman–Crippen MR) is 83.2 cm³/mol. The fraction of sp³-hybridized carbons (Fsp3) is 0.533. The van der Waals surface area contributed by atoms with Crippen molar-refractivity contribution in [2.45, 2.75) is 18.9 Å². The Hall–Kier alpha value is -1.46. The topological polar surface area (TPSA) is 44.8 Å². The van der Waals surface area contributed by atoms with Gasteiger partial charge in [-0.25, -0.2) is 4.79 Å². The maximum Gasteiger partial charge on any atom is 0.322 e. The van der Waals surface area contributed by atoms with Crippen LogP contribution in [0.3, 0.4) is 0 Å². The molecular weight excluding hydrogens is 290 g/mol. The summed E-state index contributed by atoms with van der Waals surface area (Å²) in [4.78, 5) is 16.8. The van der Waals surface area contributed by atoms with Crippen molar-refractivity contribution in [3.8, 4) is 5.75 Å². The molecular formula is C15H20ClN3O2. The Morgan fingerprint density at radius 3 is 3.05 bits per heavy atom. The van der Waals surface area contributed by atoms with E-state index in [1.807, 2.05) is 4.90 Å². The molecule has 2 saturated heterocycles. The molecule has 0 aliphatic carbocycles. The normalized spacial score (nSPS) is 22.0. The van der Waals surface area contributed by atoms with Crippen LogP contribution in [0.2, 0.25) is 5.02 Å². The van der Waals surface area contributed by atoms with Gasteiger partial charge >= 0.3 is 6.03 Å². The van der Waals surface area contributed by atoms with Gasteiger partial charge in [0.05, 0.1) is 12.8 Å². The van der Waals surface area contributed by atoms with E-state index in [1.165, 1.54) is 19.4 Å². The molecule has 1 atom stereocenters. The first kappa shape index (κ1) is 14.5. The van der Waals surface area contributed by atoms with E-state index in [-0.39, 0.29) is 6.03 Å². The Morgan fingerprint density at radius 2 is 2.24 bits per heavy atom. The SMILES string of the molecule is COc1ccc(Cl)cc1NC(=O)N1CCN2CCCC2C1. The van der Waals surface area contributed by atoms with Crippen molar-refractivity contribution >= 4 is 23.3 Å². The number of urea groups is 1. The molecule has 2 aliphatic rings. The number of nitrogens with zero attached hydrogens (tertiary/aromatic N) is 2. The van der Waals surface area contributed by atoms with Crippen molar-refractivity contribution in [2.75, 3.05) is 38.6 Å². The molecule has 1 N–H and O–H groups in total. The van der Waals surface area contributed by atoms with Gasteiger partial charge in [-0.3, -0.25) is 4.90 Å². The van der Waals surface area contributed by atoms with Crippen LogP contribution in [0.5, 0.6) is 5.75 Å². The molecule has 0 bridgehead atoms. The van der Waals surface area contributed by atoms with E-state index in [0.717, 1.165) is 19.6 Å². The number of nitrogens with one attached hydrogen (secondary N) is 1. The van der Waals surface area contributed by atoms with Crippen LogP contribution in [0.15, 0.2) is 18.2 Å². The smallest absolute Gasteiger partial charge is 0.322 e. The van der Waals surface area contributed by atoms with E-state index < -0.39 is 0 Å². The highest BCUT2D eigenvalue weighted by molar-refractivity contribution is 6.31. The highest BCUT2D eigenvalue weighted by Crippen LogP contribution is 2.28. The van der Waals surface area contributed by atoms with Crippen LogP contribution >= 0.6 is 11.6 Å². The van der Waals surface area contributed by atoms with E-state index in [1.54, 1.807) is 25.3 Å². The van der Waals surface area contributed by atoms with Gasteiger partial charge in [0, 0.05) is 30.7 Å². The molecule has 2 aliphatic heterocycles. The Bertz CT molecular complexity index is 538. The molecule has 1 aromatic carbocycles. The molecule has 0 saturated carbocycles. The van der Waals surface area contributed by atoms with Gasteiger partial charge in [-0.2, -0.15) is 0 Å². The number of rotatable bonds is 2. The summed E-state index contributed by atoms with van der Waals surface area (Å²) in [6, 6.07) is 5.65. The summed E-state index contributed by atoms with van der Waals surface area (Å²) in [7, 11) is 1.58. The number of carbonyl (C=O) groups is 1. The number of carbonyl (C=O) groups excluding carboxylic acids is 1. The second kappa shape index (κ2) is 6.12. The second-order valence-electron chi connectivity index (χ2n) is 5.55. The fourth-order valence-corrected chi connectivity index (χ4v) is 3.32. The van der Waals surface area contributed by atoms with Crippen LogP contribution in [-0.4, -0.2) is 55.2 Å². The standard InChI is InChI=1S/C15H20ClN3O2/c1-21-14-5-4-11(16)9-13(14)17-15(20)19-8-7-18-6-2-3-12(18)10-19/h4-5,9,12H,2-3,6-8,10H2,1H3,(H,17,20). The third kappa shape index (κ3) is 3.09. The third-order valence-corrected chi connectivity index (χ3v) is 4.51. The summed E-state index contributed by atoms with van der Waals surface area (Å²) < 4.78 is 5.26. The van der Waals surface area contributed by atoms with Gasteiger partial charge < -0.3 is 15.0 Å². The monoisotopic (exact) mass is 309 g/mol. The molecule has 2 fully saturated rings. The van der Waals surface area contributed by atoms with Gasteiger partial charge in [-0.05, 0) is 37.6 Å². The summed E-state index contributed by atoms with van der Waals surface area (Å²) in [5.41, 5.74) is 0.615. The first-order valence-electron chi connectivity index (χ1n) is 7.31. The van der Waals surface area contributed by atoms with Crippen LogP contribution in [-0.2, 0) is 0 Å². The average Bonchev–Trinajstić information content (AvgIpc) is 2.94. The van der Waals surface area contributed by atoms with Crippen LogP contribution in [0.25, 0.3) is 0 Å². The zero-order chi connectivity index (χ0) is 14.8. The van der Waals surface area contributed by atoms with Gasteiger partial charge in [-0.15, -0.1) is 0 Å². The quantitative estimate of drug-likeness (QED) is 0.913. The number of ether oxygens (including phenoxy) is 1. The van der Waals surface area contributed by atoms with Gasteiger partial charge in [-0.1, -0.05) is 11.6 Å². The van der Waals surface area contributed by atoms with E-state index in [0.29, 0.717) is 22.5 Å². The Morgan fingerprint density at radius 1 is 1.38 bits per heavy atom. The molecule has 0 radical (unpaired) electrons. The summed E-state index contributed by atoms with van der Waals surface area (Å²) >= 11 is 5.99. The molecule has 21 heavy (non-hydrogen) atoms. The minimum atomic E-state index is -0.0814. The summed E-state index contributed by atoms with van der Waals surface area (Å²) in [6.45, 7) is 3.70. The van der Waals surface area contributed by atoms with E-state index in [9.17, 15) is 4.79 Å². The maximum absolute atomic E-state index is 12.4. The molecule has 114 valence electrons. The first-order chi connectivity index (χ1) is 10.2. The van der Waals surface area contributed by atoms with Gasteiger partial charge in [0.2, 0.25) is 0 Å². The number of hydrogen-bond donors (Lipinski definition) is 1. The van der Waals surface area contributed by atoms with Crippen molar-refractivity contribution in [1.82, 2.24) is 9.80 Å². The number of fused-ring (bicyclic) bond motifs is 1. The molecule has 2 heterocycles. The van der Waals surface area contributed by atoms with E-state index in [4.69, 9.17) is 16.3 Å². The lowest BCUT2D eigenvalue weighted by atomic mass is 10.1. The number of amides is 2. The van der Waals surface area contributed by atoms with Crippen molar-refractivity contribution < 1.29 is 9.53 Å². The Labute approximate surface area is 129 Å². The van der Waals surface area contributed by atoms with Crippen LogP contribution < -0.4 is 10.1 Å². The van der Waals surface area contributed by atoms with E-state index in [2.05, 4.69) is 10.2 Å². The molecule has 5 nitrogen and oxygen atoms in total. The molecule has 1 aromatic rings. The van der Waals surface area contributed by atoms with Crippen LogP contribution in [0, 0.1) is 0 Å². The summed E-state index contributed by atoms with van der Waals surface area (Å²) in [5, 5.41) is 3.49. The predicted octanol–water partition coefficient (Wildman–Crippen LogP) is 2.66. The zero-order valence-corrected chi connectivity index (χ0v) is 12.9. The lowest BCUT2D eigenvalue weighted by Crippen LogP contribution is -2.53. The average molecular weight is 310 g/mol. The van der Waals surface area contributed by atoms with Gasteiger partial charge in [0.1, 0.15) is 5.75 Å². The number of piperazine rings is 1. The third-order valence-electron chi connectivity index (χ3n) is 4.28. The fourth-order valence-electron chi connectivity index (χ4n) is 3.15. The first-order valence-corrected chi connectivity index (χ1v) is 7.68. The molecule has 0 spiro atoms. The number of methoxy groups -OCH3 is 1. The van der Waals surface area contributed by atoms with E-state index >= 15 is 0 Å². The minimum absolute atomic E-state index is 0.0814. The molecule has 0 aromatic heterocycles. The summed E-state index contributed by atoms with van der Waals surface area (Å²) in [5.74, 6) is 0.618. The molecule has 3 rings (SSSR count). The molecule has 1 unspecified atom stereocenters. The highest BCUT2D eigenvalue weighted by atomic mass is 35.5. The van der Waals surface area contributed by atoms with Crippen molar-refractivity contribution in [1.29, 1.82) is 0 Å². The lowest BCUT2D eigenvalue weighted by Gasteiger charge is -2.37. The number of anilines is 1. The van der Waals surface area contributed by atoms with Crippen LogP contribution in [0.4, 0.5) is 10.5 Å². The van der Waals surface area contributed by atoms with Crippen molar-refractivity contribution in [3.63, 3.8) is 0 Å². The number of halogens is 1. The Balaban J connectivity index is 1.67. The minimum Gasteiger partial charge on any atom is -0.495 e. The Kier molecular flexibility index (Phi) is 4.22. The summed E-state index contributed by atoms with van der Waals surface area (Å²) in [6.07, 6.45) is 2.42. The molecule has 2 amide bonds. The molecule has 6 heteroatoms. The van der Waals surface area contributed by atoms with Gasteiger partial charge in [0.25, 0.3) is 0 Å². The van der Waals surface area contributed by atoms with Crippen molar-refractivity contribution in [3.05, 3.63) is 23.2 Å². The maximum atomic E-state index is 12.4. The van der Waals surface area contributed by atoms with Crippen molar-refractivity contribution in [2.24, 2.45) is 0 Å². The highest BCUT2D eigenvalue weighted by Gasteiger charge is 2.32.